The summed E-state index contributed by atoms with van der Waals surface area (Å²) >= 11 is 0. The first-order valence-corrected chi connectivity index (χ1v) is 10.1. The van der Waals surface area contributed by atoms with Crippen LogP contribution in [-0.4, -0.2) is 48.6 Å². The zero-order chi connectivity index (χ0) is 20.6. The molecule has 2 N–H and O–H groups in total. The van der Waals surface area contributed by atoms with Crippen LogP contribution in [0.2, 0.25) is 0 Å². The Bertz CT molecular complexity index is 815. The number of morpholine rings is 1. The molecule has 2 amide bonds. The minimum absolute atomic E-state index is 0.0500. The molecule has 6 heteroatoms. The summed E-state index contributed by atoms with van der Waals surface area (Å²) in [5.74, 6) is -0.404. The number of amides is 2. The Kier molecular flexibility index (Phi) is 7.38. The summed E-state index contributed by atoms with van der Waals surface area (Å²) in [6.45, 7) is 6.58. The Morgan fingerprint density at radius 1 is 0.966 bits per heavy atom. The molecule has 1 fully saturated rings. The first-order valence-electron chi connectivity index (χ1n) is 10.1. The first kappa shape index (κ1) is 21.0. The highest BCUT2D eigenvalue weighted by atomic mass is 16.5. The van der Waals surface area contributed by atoms with Gasteiger partial charge in [0, 0.05) is 25.3 Å². The van der Waals surface area contributed by atoms with Crippen LogP contribution in [0.25, 0.3) is 0 Å². The highest BCUT2D eigenvalue weighted by molar-refractivity contribution is 5.95. The van der Waals surface area contributed by atoms with Gasteiger partial charge >= 0.3 is 0 Å². The van der Waals surface area contributed by atoms with Crippen molar-refractivity contribution >= 4 is 17.5 Å². The SMILES string of the molecule is CC1CN(Cc2ccccc2NC(=O)CNC(=O)Cc2ccccc2)CC(C)O1. The lowest BCUT2D eigenvalue weighted by Gasteiger charge is -2.35. The Morgan fingerprint density at radius 2 is 1.62 bits per heavy atom. The molecular weight excluding hydrogens is 366 g/mol. The van der Waals surface area contributed by atoms with E-state index in [0.717, 1.165) is 36.4 Å². The number of para-hydroxylation sites is 1. The highest BCUT2D eigenvalue weighted by Crippen LogP contribution is 2.20. The maximum atomic E-state index is 12.4. The number of hydrogen-bond acceptors (Lipinski definition) is 4. The van der Waals surface area contributed by atoms with Gasteiger partial charge in [0.2, 0.25) is 11.8 Å². The Morgan fingerprint density at radius 3 is 2.34 bits per heavy atom. The predicted molar refractivity (Wildman–Crippen MR) is 114 cm³/mol. The van der Waals surface area contributed by atoms with Gasteiger partial charge in [-0.2, -0.15) is 0 Å². The van der Waals surface area contributed by atoms with Gasteiger partial charge in [0.05, 0.1) is 25.2 Å². The minimum atomic E-state index is -0.234. The fourth-order valence-corrected chi connectivity index (χ4v) is 3.65. The number of carbonyl (C=O) groups excluding carboxylic acids is 2. The summed E-state index contributed by atoms with van der Waals surface area (Å²) in [6.07, 6.45) is 0.652. The number of benzene rings is 2. The molecule has 1 aliphatic rings. The van der Waals surface area contributed by atoms with Gasteiger partial charge in [-0.25, -0.2) is 0 Å². The van der Waals surface area contributed by atoms with E-state index in [9.17, 15) is 9.59 Å². The third-order valence-corrected chi connectivity index (χ3v) is 4.83. The number of ether oxygens (including phenoxy) is 1. The lowest BCUT2D eigenvalue weighted by Crippen LogP contribution is -2.44. The molecule has 0 aromatic heterocycles. The zero-order valence-corrected chi connectivity index (χ0v) is 17.1. The largest absolute Gasteiger partial charge is 0.373 e. The molecule has 2 aromatic rings. The molecule has 6 nitrogen and oxygen atoms in total. The Labute approximate surface area is 172 Å². The molecule has 0 spiro atoms. The summed E-state index contributed by atoms with van der Waals surface area (Å²) in [5.41, 5.74) is 2.75. The van der Waals surface area contributed by atoms with Crippen LogP contribution in [0.5, 0.6) is 0 Å². The van der Waals surface area contributed by atoms with E-state index in [1.54, 1.807) is 0 Å². The van der Waals surface area contributed by atoms with Crippen LogP contribution in [0.4, 0.5) is 5.69 Å². The van der Waals surface area contributed by atoms with Crippen LogP contribution in [0.1, 0.15) is 25.0 Å². The zero-order valence-electron chi connectivity index (χ0n) is 17.1. The van der Waals surface area contributed by atoms with E-state index < -0.39 is 0 Å². The summed E-state index contributed by atoms with van der Waals surface area (Å²) in [7, 11) is 0. The Hall–Kier alpha value is -2.70. The van der Waals surface area contributed by atoms with Crippen molar-refractivity contribution in [3.63, 3.8) is 0 Å². The highest BCUT2D eigenvalue weighted by Gasteiger charge is 2.22. The van der Waals surface area contributed by atoms with E-state index >= 15 is 0 Å². The Balaban J connectivity index is 1.52. The monoisotopic (exact) mass is 395 g/mol. The van der Waals surface area contributed by atoms with Crippen LogP contribution in [-0.2, 0) is 27.3 Å². The molecule has 0 bridgehead atoms. The quantitative estimate of drug-likeness (QED) is 0.756. The van der Waals surface area contributed by atoms with Gasteiger partial charge in [-0.05, 0) is 31.0 Å². The minimum Gasteiger partial charge on any atom is -0.373 e. The molecule has 1 saturated heterocycles. The second kappa shape index (κ2) is 10.2. The average molecular weight is 396 g/mol. The van der Waals surface area contributed by atoms with E-state index in [0.29, 0.717) is 0 Å². The number of hydrogen-bond donors (Lipinski definition) is 2. The fraction of sp³-hybridized carbons (Fsp3) is 0.391. The van der Waals surface area contributed by atoms with E-state index in [-0.39, 0.29) is 37.0 Å². The average Bonchev–Trinajstić information content (AvgIpc) is 2.68. The van der Waals surface area contributed by atoms with Gasteiger partial charge in [-0.15, -0.1) is 0 Å². The van der Waals surface area contributed by atoms with E-state index in [2.05, 4.69) is 29.4 Å². The van der Waals surface area contributed by atoms with Crippen molar-refractivity contribution in [2.75, 3.05) is 25.0 Å². The maximum absolute atomic E-state index is 12.4. The van der Waals surface area contributed by atoms with Gasteiger partial charge in [0.25, 0.3) is 0 Å². The van der Waals surface area contributed by atoms with Crippen molar-refractivity contribution in [2.45, 2.75) is 39.0 Å². The lowest BCUT2D eigenvalue weighted by molar-refractivity contribution is -0.123. The van der Waals surface area contributed by atoms with E-state index in [1.807, 2.05) is 54.6 Å². The van der Waals surface area contributed by atoms with Gasteiger partial charge < -0.3 is 15.4 Å². The van der Waals surface area contributed by atoms with Crippen molar-refractivity contribution in [3.8, 4) is 0 Å². The second-order valence-electron chi connectivity index (χ2n) is 7.60. The standard InChI is InChI=1S/C23H29N3O3/c1-17-14-26(15-18(2)29-17)16-20-10-6-7-11-21(20)25-23(28)13-24-22(27)12-19-8-4-3-5-9-19/h3-11,17-18H,12-16H2,1-2H3,(H,24,27)(H,25,28). The molecule has 0 saturated carbocycles. The number of nitrogens with one attached hydrogen (secondary N) is 2. The van der Waals surface area contributed by atoms with E-state index in [1.165, 1.54) is 0 Å². The van der Waals surface area contributed by atoms with Gasteiger partial charge in [0.15, 0.2) is 0 Å². The topological polar surface area (TPSA) is 70.7 Å². The van der Waals surface area contributed by atoms with Crippen LogP contribution >= 0.6 is 0 Å². The maximum Gasteiger partial charge on any atom is 0.243 e. The normalized spacial score (nSPS) is 19.5. The van der Waals surface area contributed by atoms with Crippen molar-refractivity contribution in [3.05, 3.63) is 65.7 Å². The van der Waals surface area contributed by atoms with Crippen molar-refractivity contribution in [1.29, 1.82) is 0 Å². The van der Waals surface area contributed by atoms with Crippen LogP contribution < -0.4 is 10.6 Å². The lowest BCUT2D eigenvalue weighted by atomic mass is 10.1. The fourth-order valence-electron chi connectivity index (χ4n) is 3.65. The van der Waals surface area contributed by atoms with Gasteiger partial charge in [-0.1, -0.05) is 48.5 Å². The number of anilines is 1. The number of nitrogens with zero attached hydrogens (tertiary/aromatic N) is 1. The van der Waals surface area contributed by atoms with Crippen molar-refractivity contribution < 1.29 is 14.3 Å². The third-order valence-electron chi connectivity index (χ3n) is 4.83. The molecule has 2 atom stereocenters. The molecule has 3 rings (SSSR count). The van der Waals surface area contributed by atoms with Gasteiger partial charge in [-0.3, -0.25) is 14.5 Å². The summed E-state index contributed by atoms with van der Waals surface area (Å²) < 4.78 is 5.79. The summed E-state index contributed by atoms with van der Waals surface area (Å²) in [5, 5.41) is 5.62. The van der Waals surface area contributed by atoms with Crippen molar-refractivity contribution in [2.24, 2.45) is 0 Å². The molecular formula is C23H29N3O3. The van der Waals surface area contributed by atoms with Gasteiger partial charge in [0.1, 0.15) is 0 Å². The third kappa shape index (κ3) is 6.69. The van der Waals surface area contributed by atoms with Crippen LogP contribution in [0.3, 0.4) is 0 Å². The first-order chi connectivity index (χ1) is 14.0. The summed E-state index contributed by atoms with van der Waals surface area (Å²) in [6, 6.07) is 17.3. The molecule has 154 valence electrons. The van der Waals surface area contributed by atoms with Crippen LogP contribution in [0, 0.1) is 0 Å². The molecule has 2 aromatic carbocycles. The second-order valence-corrected chi connectivity index (χ2v) is 7.60. The molecule has 0 aliphatic carbocycles. The van der Waals surface area contributed by atoms with Crippen molar-refractivity contribution in [1.82, 2.24) is 10.2 Å². The van der Waals surface area contributed by atoms with Crippen LogP contribution in [0.15, 0.2) is 54.6 Å². The molecule has 0 radical (unpaired) electrons. The molecule has 2 unspecified atom stereocenters. The number of carbonyl (C=O) groups is 2. The smallest absolute Gasteiger partial charge is 0.243 e. The molecule has 29 heavy (non-hydrogen) atoms. The predicted octanol–water partition coefficient (Wildman–Crippen LogP) is 2.59. The number of rotatable bonds is 7. The molecule has 1 heterocycles. The summed E-state index contributed by atoms with van der Waals surface area (Å²) in [4.78, 5) is 26.7. The molecule has 1 aliphatic heterocycles. The van der Waals surface area contributed by atoms with E-state index in [4.69, 9.17) is 4.74 Å².